The Balaban J connectivity index is 0.00000121. The van der Waals surface area contributed by atoms with Crippen molar-refractivity contribution in [1.82, 2.24) is 0 Å². The van der Waals surface area contributed by atoms with Crippen LogP contribution in [0.3, 0.4) is 0 Å². The Morgan fingerprint density at radius 2 is 2.08 bits per heavy atom. The van der Waals surface area contributed by atoms with Crippen LogP contribution in [0.25, 0.3) is 0 Å². The molecule has 0 bridgehead atoms. The molecule has 0 aliphatic rings. The van der Waals surface area contributed by atoms with Gasteiger partial charge in [-0.15, -0.1) is 0 Å². The summed E-state index contributed by atoms with van der Waals surface area (Å²) >= 11 is 0. The summed E-state index contributed by atoms with van der Waals surface area (Å²) in [4.78, 5) is 0. The number of halogens is 1. The molecule has 0 radical (unpaired) electrons. The number of pyridine rings is 1. The summed E-state index contributed by atoms with van der Waals surface area (Å²) in [6.07, 6.45) is 6.76. The Bertz CT molecular complexity index is 223. The summed E-state index contributed by atoms with van der Waals surface area (Å²) in [7, 11) is 0. The predicted molar refractivity (Wildman–Crippen MR) is 46.3 cm³/mol. The van der Waals surface area contributed by atoms with E-state index in [1.54, 1.807) is 0 Å². The molecular formula is C10H16FN. The van der Waals surface area contributed by atoms with Gasteiger partial charge in [-0.1, -0.05) is 13.3 Å². The first-order valence-electron chi connectivity index (χ1n) is 4.34. The fourth-order valence-corrected chi connectivity index (χ4v) is 1.21. The molecule has 0 saturated carbocycles. The van der Waals surface area contributed by atoms with Crippen molar-refractivity contribution in [2.75, 3.05) is 0 Å². The predicted octanol–water partition coefficient (Wildman–Crippen LogP) is -1.05. The SMILES string of the molecule is CCCc1ccc[n+](CC)c1.[F-]. The summed E-state index contributed by atoms with van der Waals surface area (Å²) in [5.74, 6) is 0. The molecule has 0 saturated heterocycles. The number of aromatic nitrogens is 1. The molecule has 1 heterocycles. The second kappa shape index (κ2) is 5.70. The van der Waals surface area contributed by atoms with Crippen LogP contribution in [-0.2, 0) is 13.0 Å². The van der Waals surface area contributed by atoms with Crippen LogP contribution < -0.4 is 9.27 Å². The first-order valence-corrected chi connectivity index (χ1v) is 4.34. The van der Waals surface area contributed by atoms with Crippen molar-refractivity contribution in [2.45, 2.75) is 33.2 Å². The largest absolute Gasteiger partial charge is 1.00 e. The molecule has 1 nitrogen and oxygen atoms in total. The molecule has 68 valence electrons. The van der Waals surface area contributed by atoms with Crippen molar-refractivity contribution >= 4 is 0 Å². The van der Waals surface area contributed by atoms with Crippen molar-refractivity contribution in [3.63, 3.8) is 0 Å². The average molecular weight is 169 g/mol. The van der Waals surface area contributed by atoms with E-state index in [9.17, 15) is 0 Å². The van der Waals surface area contributed by atoms with Gasteiger partial charge in [0.05, 0.1) is 0 Å². The monoisotopic (exact) mass is 169 g/mol. The second-order valence-electron chi connectivity index (χ2n) is 2.79. The molecule has 0 fully saturated rings. The summed E-state index contributed by atoms with van der Waals surface area (Å²) in [5.41, 5.74) is 1.44. The van der Waals surface area contributed by atoms with Crippen LogP contribution in [0.4, 0.5) is 0 Å². The Labute approximate surface area is 73.4 Å². The van der Waals surface area contributed by atoms with E-state index in [-0.39, 0.29) is 4.70 Å². The minimum atomic E-state index is 0. The van der Waals surface area contributed by atoms with Gasteiger partial charge in [0.1, 0.15) is 6.54 Å². The normalized spacial score (nSPS) is 9.17. The Hall–Kier alpha value is -0.920. The third-order valence-corrected chi connectivity index (χ3v) is 1.82. The molecule has 0 spiro atoms. The van der Waals surface area contributed by atoms with E-state index in [4.69, 9.17) is 0 Å². The molecule has 1 rings (SSSR count). The maximum absolute atomic E-state index is 2.23. The van der Waals surface area contributed by atoms with Crippen molar-refractivity contribution in [2.24, 2.45) is 0 Å². The zero-order valence-electron chi connectivity index (χ0n) is 7.76. The van der Waals surface area contributed by atoms with E-state index >= 15 is 0 Å². The first kappa shape index (κ1) is 11.1. The van der Waals surface area contributed by atoms with Gasteiger partial charge in [0.25, 0.3) is 0 Å². The maximum atomic E-state index is 2.23. The Morgan fingerprint density at radius 1 is 1.33 bits per heavy atom. The van der Waals surface area contributed by atoms with Crippen LogP contribution >= 0.6 is 0 Å². The van der Waals surface area contributed by atoms with Crippen molar-refractivity contribution in [1.29, 1.82) is 0 Å². The molecule has 0 N–H and O–H groups in total. The quantitative estimate of drug-likeness (QED) is 0.508. The van der Waals surface area contributed by atoms with Crippen LogP contribution in [0.15, 0.2) is 24.5 Å². The van der Waals surface area contributed by atoms with Gasteiger partial charge in [-0.25, -0.2) is 4.57 Å². The summed E-state index contributed by atoms with van der Waals surface area (Å²) < 4.78 is 2.21. The standard InChI is InChI=1S/C10H16N.FH/c1-3-6-10-7-5-8-11(4-2)9-10;/h5,7-9H,3-4,6H2,1-2H3;1H/q+1;/p-1. The Kier molecular flexibility index (Phi) is 5.26. The fourth-order valence-electron chi connectivity index (χ4n) is 1.21. The van der Waals surface area contributed by atoms with Crippen LogP contribution in [0, 0.1) is 0 Å². The number of rotatable bonds is 3. The molecule has 0 aliphatic heterocycles. The third kappa shape index (κ3) is 2.99. The number of hydrogen-bond acceptors (Lipinski definition) is 0. The molecular weight excluding hydrogens is 153 g/mol. The van der Waals surface area contributed by atoms with Crippen molar-refractivity contribution < 1.29 is 9.27 Å². The highest BCUT2D eigenvalue weighted by Gasteiger charge is 1.97. The second-order valence-corrected chi connectivity index (χ2v) is 2.79. The lowest BCUT2D eigenvalue weighted by molar-refractivity contribution is -0.694. The van der Waals surface area contributed by atoms with Gasteiger partial charge in [-0.05, 0) is 19.4 Å². The molecule has 12 heavy (non-hydrogen) atoms. The van der Waals surface area contributed by atoms with E-state index < -0.39 is 0 Å². The van der Waals surface area contributed by atoms with E-state index in [1.807, 2.05) is 0 Å². The number of nitrogens with zero attached hydrogens (tertiary/aromatic N) is 1. The summed E-state index contributed by atoms with van der Waals surface area (Å²) in [6.45, 7) is 5.44. The van der Waals surface area contributed by atoms with Crippen LogP contribution in [0.1, 0.15) is 25.8 Å². The smallest absolute Gasteiger partial charge is 0.171 e. The summed E-state index contributed by atoms with van der Waals surface area (Å²) in [6, 6.07) is 4.31. The minimum absolute atomic E-state index is 0. The highest BCUT2D eigenvalue weighted by molar-refractivity contribution is 5.04. The van der Waals surface area contributed by atoms with Gasteiger partial charge < -0.3 is 4.70 Å². The molecule has 2 heteroatoms. The zero-order chi connectivity index (χ0) is 8.10. The third-order valence-electron chi connectivity index (χ3n) is 1.82. The topological polar surface area (TPSA) is 3.88 Å². The minimum Gasteiger partial charge on any atom is -1.00 e. The van der Waals surface area contributed by atoms with Crippen molar-refractivity contribution in [3.8, 4) is 0 Å². The molecule has 0 atom stereocenters. The number of aryl methyl sites for hydroxylation is 2. The molecule has 1 aromatic heterocycles. The lowest BCUT2D eigenvalue weighted by Gasteiger charge is -1.95. The molecule has 0 aromatic carbocycles. The highest BCUT2D eigenvalue weighted by atomic mass is 19.0. The molecule has 1 aromatic rings. The highest BCUT2D eigenvalue weighted by Crippen LogP contribution is 1.97. The van der Waals surface area contributed by atoms with Gasteiger partial charge in [0.2, 0.25) is 0 Å². The van der Waals surface area contributed by atoms with Crippen LogP contribution in [-0.4, -0.2) is 0 Å². The van der Waals surface area contributed by atoms with E-state index in [2.05, 4.69) is 42.9 Å². The van der Waals surface area contributed by atoms with E-state index in [0.717, 1.165) is 6.54 Å². The van der Waals surface area contributed by atoms with Gasteiger partial charge in [0.15, 0.2) is 12.4 Å². The van der Waals surface area contributed by atoms with Gasteiger partial charge in [-0.3, -0.25) is 0 Å². The maximum Gasteiger partial charge on any atom is 0.171 e. The molecule has 0 unspecified atom stereocenters. The van der Waals surface area contributed by atoms with Crippen LogP contribution in [0.5, 0.6) is 0 Å². The Morgan fingerprint density at radius 3 is 2.67 bits per heavy atom. The average Bonchev–Trinajstić information content (AvgIpc) is 2.06. The van der Waals surface area contributed by atoms with Gasteiger partial charge in [0, 0.05) is 11.6 Å². The van der Waals surface area contributed by atoms with E-state index in [0.29, 0.717) is 0 Å². The van der Waals surface area contributed by atoms with Gasteiger partial charge in [-0.2, -0.15) is 0 Å². The molecule has 0 amide bonds. The first-order chi connectivity index (χ1) is 5.36. The summed E-state index contributed by atoms with van der Waals surface area (Å²) in [5, 5.41) is 0. The fraction of sp³-hybridized carbons (Fsp3) is 0.500. The number of hydrogen-bond donors (Lipinski definition) is 0. The lowest BCUT2D eigenvalue weighted by Crippen LogP contribution is -3.00. The zero-order valence-corrected chi connectivity index (χ0v) is 7.76. The van der Waals surface area contributed by atoms with Gasteiger partial charge >= 0.3 is 0 Å². The van der Waals surface area contributed by atoms with Crippen molar-refractivity contribution in [3.05, 3.63) is 30.1 Å². The lowest BCUT2D eigenvalue weighted by atomic mass is 10.2. The van der Waals surface area contributed by atoms with Crippen LogP contribution in [0.2, 0.25) is 0 Å². The van der Waals surface area contributed by atoms with E-state index in [1.165, 1.54) is 18.4 Å². The molecule has 0 aliphatic carbocycles.